The van der Waals surface area contributed by atoms with Crippen LogP contribution in [0.1, 0.15) is 21.5 Å². The average Bonchev–Trinajstić information content (AvgIpc) is 3.01. The average molecular weight is 440 g/mol. The number of carbonyl (C=O) groups is 3. The second-order valence-electron chi connectivity index (χ2n) is 7.62. The Morgan fingerprint density at radius 1 is 1.06 bits per heavy atom. The van der Waals surface area contributed by atoms with Crippen molar-refractivity contribution < 1.29 is 18.8 Å². The third-order valence-corrected chi connectivity index (χ3v) is 6.23. The number of nitrogens with zero attached hydrogens (tertiary/aromatic N) is 3. The fourth-order valence-corrected chi connectivity index (χ4v) is 4.40. The molecule has 160 valence electrons. The number of halogens is 1. The standard InChI is InChI=1S/C23H22FN3O3S/c1-25-8-10-26(11-9-25)21(28)18-6-2-4-16(12-18)14-20-22(29)27(23(30)31-20)15-17-5-3-7-19(24)13-17/h2-7,12-14H,8-11,15H2,1H3/b20-14-. The van der Waals surface area contributed by atoms with E-state index in [1.807, 2.05) is 11.9 Å². The molecule has 4 rings (SSSR count). The molecular weight excluding hydrogens is 417 g/mol. The van der Waals surface area contributed by atoms with Crippen molar-refractivity contribution in [3.05, 3.63) is 75.9 Å². The van der Waals surface area contributed by atoms with E-state index in [-0.39, 0.29) is 17.4 Å². The van der Waals surface area contributed by atoms with Gasteiger partial charge in [0.25, 0.3) is 17.1 Å². The fraction of sp³-hybridized carbons (Fsp3) is 0.261. The van der Waals surface area contributed by atoms with Crippen LogP contribution in [-0.2, 0) is 11.3 Å². The van der Waals surface area contributed by atoms with Gasteiger partial charge in [0.05, 0.1) is 11.4 Å². The fourth-order valence-electron chi connectivity index (χ4n) is 3.56. The maximum absolute atomic E-state index is 13.4. The molecule has 31 heavy (non-hydrogen) atoms. The van der Waals surface area contributed by atoms with Gasteiger partial charge in [-0.2, -0.15) is 0 Å². The van der Waals surface area contributed by atoms with E-state index in [2.05, 4.69) is 4.90 Å². The monoisotopic (exact) mass is 439 g/mol. The predicted octanol–water partition coefficient (Wildman–Crippen LogP) is 3.45. The molecule has 0 saturated carbocycles. The summed E-state index contributed by atoms with van der Waals surface area (Å²) in [5.41, 5.74) is 1.77. The number of imide groups is 1. The van der Waals surface area contributed by atoms with Crippen molar-refractivity contribution in [1.29, 1.82) is 0 Å². The number of benzene rings is 2. The Hall–Kier alpha value is -2.97. The van der Waals surface area contributed by atoms with Crippen LogP contribution in [0, 0.1) is 5.82 Å². The second kappa shape index (κ2) is 9.03. The second-order valence-corrected chi connectivity index (χ2v) is 8.61. The Kier molecular flexibility index (Phi) is 6.20. The van der Waals surface area contributed by atoms with Gasteiger partial charge in [0, 0.05) is 31.7 Å². The summed E-state index contributed by atoms with van der Waals surface area (Å²) in [5, 5.41) is -0.398. The first-order valence-corrected chi connectivity index (χ1v) is 10.8. The van der Waals surface area contributed by atoms with Crippen LogP contribution in [-0.4, -0.2) is 65.0 Å². The van der Waals surface area contributed by atoms with Gasteiger partial charge in [0.2, 0.25) is 0 Å². The van der Waals surface area contributed by atoms with Crippen LogP contribution >= 0.6 is 11.8 Å². The van der Waals surface area contributed by atoms with Crippen LogP contribution in [0.5, 0.6) is 0 Å². The van der Waals surface area contributed by atoms with Gasteiger partial charge in [0.1, 0.15) is 5.82 Å². The number of hydrogen-bond acceptors (Lipinski definition) is 5. The van der Waals surface area contributed by atoms with Crippen molar-refractivity contribution >= 4 is 34.9 Å². The van der Waals surface area contributed by atoms with Gasteiger partial charge in [-0.1, -0.05) is 24.3 Å². The van der Waals surface area contributed by atoms with E-state index >= 15 is 0 Å². The zero-order chi connectivity index (χ0) is 22.0. The van der Waals surface area contributed by atoms with E-state index in [1.54, 1.807) is 42.5 Å². The molecule has 2 aromatic carbocycles. The summed E-state index contributed by atoms with van der Waals surface area (Å²) >= 11 is 0.847. The molecule has 0 atom stereocenters. The third-order valence-electron chi connectivity index (χ3n) is 5.33. The van der Waals surface area contributed by atoms with Gasteiger partial charge in [-0.3, -0.25) is 19.3 Å². The SMILES string of the molecule is CN1CCN(C(=O)c2cccc(/C=C3\SC(=O)N(Cc4cccc(F)c4)C3=O)c2)CC1. The van der Waals surface area contributed by atoms with Gasteiger partial charge >= 0.3 is 0 Å². The molecule has 3 amide bonds. The Labute approximate surface area is 184 Å². The minimum atomic E-state index is -0.421. The molecule has 0 N–H and O–H groups in total. The number of hydrogen-bond donors (Lipinski definition) is 0. The first-order chi connectivity index (χ1) is 14.9. The third kappa shape index (κ3) is 4.86. The molecule has 2 saturated heterocycles. The van der Waals surface area contributed by atoms with Crippen LogP contribution in [0.3, 0.4) is 0 Å². The van der Waals surface area contributed by atoms with Crippen molar-refractivity contribution in [2.24, 2.45) is 0 Å². The maximum atomic E-state index is 13.4. The quantitative estimate of drug-likeness (QED) is 0.683. The zero-order valence-corrected chi connectivity index (χ0v) is 17.9. The Morgan fingerprint density at radius 2 is 1.81 bits per heavy atom. The smallest absolute Gasteiger partial charge is 0.293 e. The normalized spacial score (nSPS) is 18.8. The Bertz CT molecular complexity index is 1060. The highest BCUT2D eigenvalue weighted by molar-refractivity contribution is 8.18. The van der Waals surface area contributed by atoms with E-state index in [9.17, 15) is 18.8 Å². The summed E-state index contributed by atoms with van der Waals surface area (Å²) in [6.45, 7) is 3.05. The first kappa shape index (κ1) is 21.3. The molecule has 0 bridgehead atoms. The molecule has 0 aromatic heterocycles. The molecule has 0 unspecified atom stereocenters. The number of carbonyl (C=O) groups excluding carboxylic acids is 3. The number of piperazine rings is 1. The maximum Gasteiger partial charge on any atom is 0.293 e. The highest BCUT2D eigenvalue weighted by Crippen LogP contribution is 2.33. The van der Waals surface area contributed by atoms with E-state index in [0.29, 0.717) is 29.8 Å². The summed E-state index contributed by atoms with van der Waals surface area (Å²) in [5.74, 6) is -0.875. The van der Waals surface area contributed by atoms with Crippen molar-refractivity contribution in [2.45, 2.75) is 6.54 Å². The topological polar surface area (TPSA) is 60.9 Å². The molecule has 2 aliphatic rings. The number of likely N-dealkylation sites (N-methyl/N-ethyl adjacent to an activating group) is 1. The van der Waals surface area contributed by atoms with Crippen LogP contribution in [0.15, 0.2) is 53.4 Å². The van der Waals surface area contributed by atoms with Crippen LogP contribution in [0.2, 0.25) is 0 Å². The lowest BCUT2D eigenvalue weighted by atomic mass is 10.1. The van der Waals surface area contributed by atoms with Gasteiger partial charge in [-0.15, -0.1) is 0 Å². The van der Waals surface area contributed by atoms with Crippen LogP contribution in [0.4, 0.5) is 9.18 Å². The minimum absolute atomic E-state index is 0.0156. The van der Waals surface area contributed by atoms with Crippen molar-refractivity contribution in [3.8, 4) is 0 Å². The van der Waals surface area contributed by atoms with Gasteiger partial charge < -0.3 is 9.80 Å². The molecular formula is C23H22FN3O3S. The molecule has 0 spiro atoms. The van der Waals surface area contributed by atoms with Crippen molar-refractivity contribution in [3.63, 3.8) is 0 Å². The van der Waals surface area contributed by atoms with E-state index in [1.165, 1.54) is 12.1 Å². The van der Waals surface area contributed by atoms with Crippen LogP contribution in [0.25, 0.3) is 6.08 Å². The summed E-state index contributed by atoms with van der Waals surface area (Å²) in [6.07, 6.45) is 1.62. The number of thioether (sulfide) groups is 1. The van der Waals surface area contributed by atoms with Gasteiger partial charge in [0.15, 0.2) is 0 Å². The van der Waals surface area contributed by atoms with Crippen molar-refractivity contribution in [2.75, 3.05) is 33.2 Å². The van der Waals surface area contributed by atoms with Crippen LogP contribution < -0.4 is 0 Å². The highest BCUT2D eigenvalue weighted by atomic mass is 32.2. The molecule has 2 fully saturated rings. The number of rotatable bonds is 4. The van der Waals surface area contributed by atoms with Gasteiger partial charge in [-0.05, 0) is 60.3 Å². The summed E-state index contributed by atoms with van der Waals surface area (Å²) in [6, 6.07) is 12.9. The molecule has 0 aliphatic carbocycles. The van der Waals surface area contributed by atoms with Crippen molar-refractivity contribution in [1.82, 2.24) is 14.7 Å². The lowest BCUT2D eigenvalue weighted by Gasteiger charge is -2.32. The largest absolute Gasteiger partial charge is 0.336 e. The Balaban J connectivity index is 1.49. The number of amides is 3. The molecule has 2 aromatic rings. The highest BCUT2D eigenvalue weighted by Gasteiger charge is 2.35. The van der Waals surface area contributed by atoms with E-state index in [4.69, 9.17) is 0 Å². The summed E-state index contributed by atoms with van der Waals surface area (Å²) in [7, 11) is 2.03. The molecule has 8 heteroatoms. The molecule has 2 aliphatic heterocycles. The lowest BCUT2D eigenvalue weighted by Crippen LogP contribution is -2.47. The van der Waals surface area contributed by atoms with E-state index in [0.717, 1.165) is 29.8 Å². The summed E-state index contributed by atoms with van der Waals surface area (Å²) in [4.78, 5) is 43.3. The first-order valence-electron chi connectivity index (χ1n) is 9.98. The molecule has 0 radical (unpaired) electrons. The predicted molar refractivity (Wildman–Crippen MR) is 118 cm³/mol. The zero-order valence-electron chi connectivity index (χ0n) is 17.1. The summed E-state index contributed by atoms with van der Waals surface area (Å²) < 4.78 is 13.4. The lowest BCUT2D eigenvalue weighted by molar-refractivity contribution is -0.123. The van der Waals surface area contributed by atoms with Gasteiger partial charge in [-0.25, -0.2) is 4.39 Å². The molecule has 2 heterocycles. The minimum Gasteiger partial charge on any atom is -0.336 e. The molecule has 6 nitrogen and oxygen atoms in total. The Morgan fingerprint density at radius 3 is 2.55 bits per heavy atom. The van der Waals surface area contributed by atoms with E-state index < -0.39 is 17.0 Å².